The number of nitrogens with zero attached hydrogens (tertiary/aromatic N) is 2. The van der Waals surface area contributed by atoms with Gasteiger partial charge in [0.15, 0.2) is 0 Å². The van der Waals surface area contributed by atoms with Gasteiger partial charge in [0.05, 0.1) is 18.9 Å². The Labute approximate surface area is 92.6 Å². The molecule has 2 aliphatic heterocycles. The monoisotopic (exact) mass is 226 g/mol. The second kappa shape index (κ2) is 3.40. The van der Waals surface area contributed by atoms with Crippen molar-refractivity contribution in [2.24, 2.45) is 0 Å². The highest BCUT2D eigenvalue weighted by atomic mass is 35.5. The first kappa shape index (κ1) is 9.51. The summed E-state index contributed by atoms with van der Waals surface area (Å²) >= 11 is 5.81. The van der Waals surface area contributed by atoms with Crippen LogP contribution < -0.4 is 0 Å². The molecule has 2 aliphatic rings. The van der Waals surface area contributed by atoms with Crippen molar-refractivity contribution in [1.29, 1.82) is 0 Å². The molecule has 3 rings (SSSR count). The molecule has 1 aromatic heterocycles. The number of ether oxygens (including phenoxy) is 2. The first-order valence-corrected chi connectivity index (χ1v) is 5.42. The third kappa shape index (κ3) is 1.44. The predicted molar refractivity (Wildman–Crippen MR) is 53.6 cm³/mol. The van der Waals surface area contributed by atoms with E-state index >= 15 is 0 Å². The molecule has 0 aliphatic carbocycles. The minimum absolute atomic E-state index is 0.282. The zero-order chi connectivity index (χ0) is 10.3. The third-order valence-corrected chi connectivity index (χ3v) is 3.16. The van der Waals surface area contributed by atoms with E-state index in [1.807, 2.05) is 0 Å². The summed E-state index contributed by atoms with van der Waals surface area (Å²) in [5.74, 6) is 0. The van der Waals surface area contributed by atoms with Crippen molar-refractivity contribution in [3.05, 3.63) is 22.7 Å². The van der Waals surface area contributed by atoms with E-state index in [1.165, 1.54) is 0 Å². The van der Waals surface area contributed by atoms with Crippen LogP contribution in [0.2, 0.25) is 5.28 Å². The fourth-order valence-corrected chi connectivity index (χ4v) is 2.37. The van der Waals surface area contributed by atoms with E-state index < -0.39 is 0 Å². The van der Waals surface area contributed by atoms with Crippen molar-refractivity contribution < 1.29 is 9.47 Å². The number of fused-ring (bicyclic) bond motifs is 2. The molecule has 5 heteroatoms. The molecule has 1 unspecified atom stereocenters. The lowest BCUT2D eigenvalue weighted by molar-refractivity contribution is -0.127. The number of hydrogen-bond donors (Lipinski definition) is 0. The molecular weight excluding hydrogens is 216 g/mol. The lowest BCUT2D eigenvalue weighted by Gasteiger charge is -2.32. The van der Waals surface area contributed by atoms with E-state index in [-0.39, 0.29) is 10.9 Å². The lowest BCUT2D eigenvalue weighted by Crippen LogP contribution is -2.36. The van der Waals surface area contributed by atoms with Gasteiger partial charge in [-0.15, -0.1) is 0 Å². The summed E-state index contributed by atoms with van der Waals surface area (Å²) in [6.45, 7) is 1.95. The van der Waals surface area contributed by atoms with Gasteiger partial charge in [0.25, 0.3) is 0 Å². The highest BCUT2D eigenvalue weighted by Crippen LogP contribution is 2.40. The summed E-state index contributed by atoms with van der Waals surface area (Å²) in [6.07, 6.45) is 3.70. The van der Waals surface area contributed by atoms with E-state index in [4.69, 9.17) is 21.1 Å². The topological polar surface area (TPSA) is 44.2 Å². The largest absolute Gasteiger partial charge is 0.378 e. The zero-order valence-electron chi connectivity index (χ0n) is 8.20. The first-order valence-electron chi connectivity index (χ1n) is 5.04. The number of halogens is 1. The molecule has 0 radical (unpaired) electrons. The molecule has 4 nitrogen and oxygen atoms in total. The van der Waals surface area contributed by atoms with Crippen LogP contribution in [0, 0.1) is 0 Å². The molecule has 3 heterocycles. The van der Waals surface area contributed by atoms with Crippen LogP contribution in [0.4, 0.5) is 0 Å². The minimum Gasteiger partial charge on any atom is -0.378 e. The maximum atomic E-state index is 5.82. The summed E-state index contributed by atoms with van der Waals surface area (Å²) in [4.78, 5) is 8.24. The van der Waals surface area contributed by atoms with Crippen molar-refractivity contribution in [3.63, 3.8) is 0 Å². The van der Waals surface area contributed by atoms with E-state index in [1.54, 1.807) is 6.20 Å². The molecule has 0 bridgehead atoms. The second-order valence-corrected chi connectivity index (χ2v) is 4.29. The molecule has 0 amide bonds. The Balaban J connectivity index is 2.05. The predicted octanol–water partition coefficient (Wildman–Crippen LogP) is 1.67. The number of rotatable bonds is 0. The van der Waals surface area contributed by atoms with Crippen LogP contribution in [0.1, 0.15) is 24.1 Å². The molecule has 1 atom stereocenters. The molecule has 0 aromatic carbocycles. The van der Waals surface area contributed by atoms with E-state index in [2.05, 4.69) is 9.97 Å². The molecule has 1 fully saturated rings. The Bertz CT molecular complexity index is 385. The Morgan fingerprint density at radius 1 is 1.47 bits per heavy atom. The molecule has 80 valence electrons. The van der Waals surface area contributed by atoms with Gasteiger partial charge < -0.3 is 9.47 Å². The summed E-state index contributed by atoms with van der Waals surface area (Å²) in [7, 11) is 0. The highest BCUT2D eigenvalue weighted by Gasteiger charge is 2.43. The van der Waals surface area contributed by atoms with Crippen molar-refractivity contribution in [2.45, 2.75) is 25.0 Å². The van der Waals surface area contributed by atoms with Gasteiger partial charge >= 0.3 is 0 Å². The molecule has 1 saturated heterocycles. The standard InChI is InChI=1S/C10H11ClN2O2/c11-9-12-4-7-5-15-10(8(7)13-9)2-1-3-14-6-10/h4H,1-3,5-6H2. The average Bonchev–Trinajstić information content (AvgIpc) is 2.59. The van der Waals surface area contributed by atoms with Gasteiger partial charge in [0.1, 0.15) is 5.60 Å². The number of aromatic nitrogens is 2. The van der Waals surface area contributed by atoms with Gasteiger partial charge in [-0.05, 0) is 24.4 Å². The Kier molecular flexibility index (Phi) is 2.16. The summed E-state index contributed by atoms with van der Waals surface area (Å²) in [6, 6.07) is 0. The van der Waals surface area contributed by atoms with Gasteiger partial charge in [-0.1, -0.05) is 0 Å². The van der Waals surface area contributed by atoms with E-state index in [9.17, 15) is 0 Å². The fraction of sp³-hybridized carbons (Fsp3) is 0.600. The lowest BCUT2D eigenvalue weighted by atomic mass is 9.92. The Morgan fingerprint density at radius 3 is 3.20 bits per heavy atom. The first-order chi connectivity index (χ1) is 7.30. The zero-order valence-corrected chi connectivity index (χ0v) is 8.96. The fourth-order valence-electron chi connectivity index (χ4n) is 2.24. The van der Waals surface area contributed by atoms with Crippen LogP contribution in [0.15, 0.2) is 6.20 Å². The van der Waals surface area contributed by atoms with Gasteiger partial charge in [-0.3, -0.25) is 0 Å². The highest BCUT2D eigenvalue weighted by molar-refractivity contribution is 6.28. The average molecular weight is 227 g/mol. The molecule has 15 heavy (non-hydrogen) atoms. The van der Waals surface area contributed by atoms with Gasteiger partial charge in [-0.2, -0.15) is 0 Å². The third-order valence-electron chi connectivity index (χ3n) is 2.98. The normalized spacial score (nSPS) is 29.4. The van der Waals surface area contributed by atoms with Crippen LogP contribution in [0.5, 0.6) is 0 Å². The molecular formula is C10H11ClN2O2. The van der Waals surface area contributed by atoms with Crippen LogP contribution in [-0.2, 0) is 21.7 Å². The molecule has 1 spiro atoms. The summed E-state index contributed by atoms with van der Waals surface area (Å²) in [5, 5.41) is 0.282. The SMILES string of the molecule is Clc1ncc2c(n1)C1(CCCOC1)OC2. The van der Waals surface area contributed by atoms with Crippen molar-refractivity contribution in [3.8, 4) is 0 Å². The minimum atomic E-state index is -0.361. The maximum absolute atomic E-state index is 5.82. The van der Waals surface area contributed by atoms with Crippen molar-refractivity contribution in [1.82, 2.24) is 9.97 Å². The van der Waals surface area contributed by atoms with Gasteiger partial charge in [0.2, 0.25) is 5.28 Å². The molecule has 0 N–H and O–H groups in total. The smallest absolute Gasteiger partial charge is 0.222 e. The quantitative estimate of drug-likeness (QED) is 0.632. The van der Waals surface area contributed by atoms with Crippen LogP contribution in [-0.4, -0.2) is 23.2 Å². The van der Waals surface area contributed by atoms with E-state index in [0.29, 0.717) is 13.2 Å². The molecule has 1 aromatic rings. The van der Waals surface area contributed by atoms with Crippen LogP contribution in [0.3, 0.4) is 0 Å². The Hall–Kier alpha value is -0.710. The van der Waals surface area contributed by atoms with Crippen molar-refractivity contribution in [2.75, 3.05) is 13.2 Å². The van der Waals surface area contributed by atoms with E-state index in [0.717, 1.165) is 30.7 Å². The van der Waals surface area contributed by atoms with Gasteiger partial charge in [0, 0.05) is 18.4 Å². The maximum Gasteiger partial charge on any atom is 0.222 e. The number of hydrogen-bond acceptors (Lipinski definition) is 4. The second-order valence-electron chi connectivity index (χ2n) is 3.95. The summed E-state index contributed by atoms with van der Waals surface area (Å²) in [5.41, 5.74) is 1.59. The van der Waals surface area contributed by atoms with Crippen LogP contribution >= 0.6 is 11.6 Å². The molecule has 0 saturated carbocycles. The van der Waals surface area contributed by atoms with Crippen LogP contribution in [0.25, 0.3) is 0 Å². The summed E-state index contributed by atoms with van der Waals surface area (Å²) < 4.78 is 11.3. The van der Waals surface area contributed by atoms with Crippen molar-refractivity contribution >= 4 is 11.6 Å². The Morgan fingerprint density at radius 2 is 2.40 bits per heavy atom. The van der Waals surface area contributed by atoms with Gasteiger partial charge in [-0.25, -0.2) is 9.97 Å².